The lowest BCUT2D eigenvalue weighted by molar-refractivity contribution is 0.462. The first-order valence-corrected chi connectivity index (χ1v) is 7.45. The Labute approximate surface area is 122 Å². The van der Waals surface area contributed by atoms with E-state index in [2.05, 4.69) is 4.98 Å². The lowest BCUT2D eigenvalue weighted by Crippen LogP contribution is -2.27. The maximum absolute atomic E-state index is 13.3. The molecule has 0 saturated carbocycles. The molecule has 1 aromatic heterocycles. The van der Waals surface area contributed by atoms with Crippen molar-refractivity contribution >= 4 is 10.0 Å². The van der Waals surface area contributed by atoms with Crippen LogP contribution >= 0.6 is 0 Å². The van der Waals surface area contributed by atoms with Crippen LogP contribution in [0.25, 0.3) is 0 Å². The Morgan fingerprint density at radius 1 is 1.33 bits per heavy atom. The fourth-order valence-corrected chi connectivity index (χ4v) is 2.90. The quantitative estimate of drug-likeness (QED) is 0.865. The third-order valence-electron chi connectivity index (χ3n) is 2.88. The molecule has 0 radical (unpaired) electrons. The minimum Gasteiger partial charge on any atom is -0.260 e. The van der Waals surface area contributed by atoms with Gasteiger partial charge >= 0.3 is 0 Å². The van der Waals surface area contributed by atoms with Crippen LogP contribution in [0.3, 0.4) is 0 Å². The number of nitriles is 1. The Kier molecular flexibility index (Phi) is 4.31. The molecular formula is C14H12FN3O2S. The number of rotatable bonds is 4. The molecule has 0 N–H and O–H groups in total. The van der Waals surface area contributed by atoms with Crippen molar-refractivity contribution in [3.63, 3.8) is 0 Å². The van der Waals surface area contributed by atoms with Crippen LogP contribution in [0.15, 0.2) is 47.5 Å². The van der Waals surface area contributed by atoms with Crippen LogP contribution in [0.1, 0.15) is 11.3 Å². The van der Waals surface area contributed by atoms with Gasteiger partial charge in [-0.25, -0.2) is 12.8 Å². The van der Waals surface area contributed by atoms with Gasteiger partial charge in [0.1, 0.15) is 11.9 Å². The summed E-state index contributed by atoms with van der Waals surface area (Å²) < 4.78 is 39.1. The third kappa shape index (κ3) is 3.24. The van der Waals surface area contributed by atoms with E-state index in [1.165, 1.54) is 7.05 Å². The molecule has 5 nitrogen and oxygen atoms in total. The van der Waals surface area contributed by atoms with Crippen molar-refractivity contribution < 1.29 is 12.8 Å². The molecule has 1 heterocycles. The van der Waals surface area contributed by atoms with Crippen molar-refractivity contribution in [3.05, 3.63) is 59.7 Å². The van der Waals surface area contributed by atoms with Gasteiger partial charge in [0.05, 0.1) is 22.7 Å². The van der Waals surface area contributed by atoms with Crippen molar-refractivity contribution in [2.45, 2.75) is 11.4 Å². The standard InChI is InChI=1S/C14H12FN3O2S/c1-18(10-12-4-2-3-7-17-12)21(19,20)13-5-6-14(15)11(8-13)9-16/h2-8H,10H2,1H3. The predicted molar refractivity (Wildman–Crippen MR) is 74.0 cm³/mol. The van der Waals surface area contributed by atoms with Crippen molar-refractivity contribution in [2.75, 3.05) is 7.05 Å². The summed E-state index contributed by atoms with van der Waals surface area (Å²) in [5, 5.41) is 8.77. The third-order valence-corrected chi connectivity index (χ3v) is 4.68. The minimum atomic E-state index is -3.81. The highest BCUT2D eigenvalue weighted by Gasteiger charge is 2.22. The SMILES string of the molecule is CN(Cc1ccccn1)S(=O)(=O)c1ccc(F)c(C#N)c1. The van der Waals surface area contributed by atoms with Gasteiger partial charge in [0.15, 0.2) is 0 Å². The Hall–Kier alpha value is -2.30. The predicted octanol–water partition coefficient (Wildman–Crippen LogP) is 1.91. The van der Waals surface area contributed by atoms with Gasteiger partial charge in [-0.2, -0.15) is 9.57 Å². The van der Waals surface area contributed by atoms with E-state index in [0.29, 0.717) is 5.69 Å². The van der Waals surface area contributed by atoms with E-state index in [1.54, 1.807) is 30.5 Å². The highest BCUT2D eigenvalue weighted by molar-refractivity contribution is 7.89. The molecular weight excluding hydrogens is 293 g/mol. The average Bonchev–Trinajstić information content (AvgIpc) is 2.48. The molecule has 0 aliphatic carbocycles. The molecule has 2 aromatic rings. The maximum atomic E-state index is 13.3. The summed E-state index contributed by atoms with van der Waals surface area (Å²) >= 11 is 0. The summed E-state index contributed by atoms with van der Waals surface area (Å²) in [7, 11) is -2.41. The normalized spacial score (nSPS) is 11.3. The second-order valence-corrected chi connectivity index (χ2v) is 6.38. The fourth-order valence-electron chi connectivity index (χ4n) is 1.74. The van der Waals surface area contributed by atoms with Gasteiger partial charge in [-0.15, -0.1) is 0 Å². The molecule has 0 aliphatic heterocycles. The van der Waals surface area contributed by atoms with Crippen LogP contribution in [-0.4, -0.2) is 24.8 Å². The van der Waals surface area contributed by atoms with E-state index in [1.807, 2.05) is 0 Å². The van der Waals surface area contributed by atoms with Crippen LogP contribution in [0.5, 0.6) is 0 Å². The van der Waals surface area contributed by atoms with Gasteiger partial charge in [0.25, 0.3) is 0 Å². The largest absolute Gasteiger partial charge is 0.260 e. The minimum absolute atomic E-state index is 0.0858. The summed E-state index contributed by atoms with van der Waals surface area (Å²) in [5.74, 6) is -0.746. The molecule has 2 rings (SSSR count). The van der Waals surface area contributed by atoms with E-state index >= 15 is 0 Å². The van der Waals surface area contributed by atoms with Crippen LogP contribution in [0.2, 0.25) is 0 Å². The molecule has 0 amide bonds. The topological polar surface area (TPSA) is 74.1 Å². The molecule has 0 aliphatic rings. The number of aromatic nitrogens is 1. The molecule has 0 unspecified atom stereocenters. The molecule has 0 bridgehead atoms. The van der Waals surface area contributed by atoms with Gasteiger partial charge in [0, 0.05) is 13.2 Å². The first kappa shape index (κ1) is 15.1. The molecule has 21 heavy (non-hydrogen) atoms. The summed E-state index contributed by atoms with van der Waals surface area (Å²) in [6.07, 6.45) is 1.57. The van der Waals surface area contributed by atoms with E-state index < -0.39 is 15.8 Å². The molecule has 1 aromatic carbocycles. The van der Waals surface area contributed by atoms with Crippen LogP contribution in [-0.2, 0) is 16.6 Å². The molecule has 7 heteroatoms. The zero-order valence-corrected chi connectivity index (χ0v) is 12.0. The lowest BCUT2D eigenvalue weighted by atomic mass is 10.2. The first-order chi connectivity index (χ1) is 9.95. The van der Waals surface area contributed by atoms with E-state index in [9.17, 15) is 12.8 Å². The van der Waals surface area contributed by atoms with Gasteiger partial charge in [-0.1, -0.05) is 6.07 Å². The number of sulfonamides is 1. The molecule has 0 spiro atoms. The highest BCUT2D eigenvalue weighted by atomic mass is 32.2. The van der Waals surface area contributed by atoms with E-state index in [-0.39, 0.29) is 17.0 Å². The zero-order chi connectivity index (χ0) is 15.5. The number of nitrogens with zero attached hydrogens (tertiary/aromatic N) is 3. The summed E-state index contributed by atoms with van der Waals surface area (Å²) in [6.45, 7) is 0.0858. The van der Waals surface area contributed by atoms with Gasteiger partial charge in [-0.05, 0) is 30.3 Å². The van der Waals surface area contributed by atoms with Gasteiger partial charge < -0.3 is 0 Å². The highest BCUT2D eigenvalue weighted by Crippen LogP contribution is 2.19. The van der Waals surface area contributed by atoms with Crippen LogP contribution in [0, 0.1) is 17.1 Å². The fraction of sp³-hybridized carbons (Fsp3) is 0.143. The number of benzene rings is 1. The number of hydrogen-bond acceptors (Lipinski definition) is 4. The summed E-state index contributed by atoms with van der Waals surface area (Å²) in [4.78, 5) is 3.93. The Bertz CT molecular complexity index is 786. The van der Waals surface area contributed by atoms with Gasteiger partial charge in [-0.3, -0.25) is 4.98 Å². The van der Waals surface area contributed by atoms with E-state index in [0.717, 1.165) is 22.5 Å². The van der Waals surface area contributed by atoms with Crippen molar-refractivity contribution in [3.8, 4) is 6.07 Å². The lowest BCUT2D eigenvalue weighted by Gasteiger charge is -2.17. The van der Waals surface area contributed by atoms with Crippen molar-refractivity contribution in [2.24, 2.45) is 0 Å². The van der Waals surface area contributed by atoms with Crippen molar-refractivity contribution in [1.29, 1.82) is 5.26 Å². The second-order valence-electron chi connectivity index (χ2n) is 4.34. The second kappa shape index (κ2) is 5.99. The number of hydrogen-bond donors (Lipinski definition) is 0. The number of halogens is 1. The first-order valence-electron chi connectivity index (χ1n) is 6.01. The molecule has 0 fully saturated rings. The summed E-state index contributed by atoms with van der Waals surface area (Å²) in [5.41, 5.74) is 0.286. The van der Waals surface area contributed by atoms with Crippen LogP contribution < -0.4 is 0 Å². The van der Waals surface area contributed by atoms with Crippen LogP contribution in [0.4, 0.5) is 4.39 Å². The van der Waals surface area contributed by atoms with Gasteiger partial charge in [0.2, 0.25) is 10.0 Å². The Morgan fingerprint density at radius 3 is 2.71 bits per heavy atom. The summed E-state index contributed by atoms with van der Waals surface area (Å²) in [6, 6.07) is 9.96. The monoisotopic (exact) mass is 305 g/mol. The van der Waals surface area contributed by atoms with E-state index in [4.69, 9.17) is 5.26 Å². The maximum Gasteiger partial charge on any atom is 0.243 e. The molecule has 0 atom stereocenters. The Morgan fingerprint density at radius 2 is 2.10 bits per heavy atom. The Balaban J connectivity index is 2.31. The zero-order valence-electron chi connectivity index (χ0n) is 11.2. The molecule has 0 saturated heterocycles. The average molecular weight is 305 g/mol. The number of pyridine rings is 1. The molecule has 108 valence electrons. The smallest absolute Gasteiger partial charge is 0.243 e. The van der Waals surface area contributed by atoms with Crippen molar-refractivity contribution in [1.82, 2.24) is 9.29 Å².